The average molecular weight is 253 g/mol. The molecule has 0 aromatic carbocycles. The number of carbonyl (C=O) groups excluding carboxylic acids is 1. The summed E-state index contributed by atoms with van der Waals surface area (Å²) >= 11 is 0. The number of nitrogens with one attached hydrogen (secondary N) is 2. The largest absolute Gasteiger partial charge is 0.355 e. The molecule has 2 atom stereocenters. The monoisotopic (exact) mass is 253 g/mol. The maximum atomic E-state index is 11.8. The number of amides is 1. The SMILES string of the molecule is CC(CNC(=O)CCC1CCCN1)N(C)C1CC1. The Morgan fingerprint density at radius 3 is 2.83 bits per heavy atom. The van der Waals surface area contributed by atoms with Crippen molar-refractivity contribution in [3.8, 4) is 0 Å². The molecule has 0 bridgehead atoms. The van der Waals surface area contributed by atoms with Crippen LogP contribution in [0.1, 0.15) is 45.4 Å². The molecule has 4 heteroatoms. The molecule has 0 aromatic rings. The number of nitrogens with zero attached hydrogens (tertiary/aromatic N) is 1. The molecule has 104 valence electrons. The summed E-state index contributed by atoms with van der Waals surface area (Å²) < 4.78 is 0. The van der Waals surface area contributed by atoms with E-state index in [1.807, 2.05) is 0 Å². The molecule has 18 heavy (non-hydrogen) atoms. The molecule has 1 aliphatic carbocycles. The van der Waals surface area contributed by atoms with Crippen LogP contribution in [-0.2, 0) is 4.79 Å². The quantitative estimate of drug-likeness (QED) is 0.714. The average Bonchev–Trinajstić information content (AvgIpc) is 3.09. The fraction of sp³-hybridized carbons (Fsp3) is 0.929. The van der Waals surface area contributed by atoms with Crippen LogP contribution in [0.15, 0.2) is 0 Å². The zero-order valence-corrected chi connectivity index (χ0v) is 11.7. The number of carbonyl (C=O) groups is 1. The molecule has 2 fully saturated rings. The minimum Gasteiger partial charge on any atom is -0.355 e. The van der Waals surface area contributed by atoms with Crippen molar-refractivity contribution >= 4 is 5.91 Å². The molecule has 2 unspecified atom stereocenters. The summed E-state index contributed by atoms with van der Waals surface area (Å²) in [6.45, 7) is 4.09. The van der Waals surface area contributed by atoms with Crippen molar-refractivity contribution in [3.05, 3.63) is 0 Å². The van der Waals surface area contributed by atoms with Gasteiger partial charge in [-0.3, -0.25) is 9.69 Å². The second-order valence-electron chi connectivity index (χ2n) is 5.88. The highest BCUT2D eigenvalue weighted by molar-refractivity contribution is 5.75. The summed E-state index contributed by atoms with van der Waals surface area (Å²) in [4.78, 5) is 14.1. The second kappa shape index (κ2) is 6.53. The van der Waals surface area contributed by atoms with Gasteiger partial charge in [0.15, 0.2) is 0 Å². The van der Waals surface area contributed by atoms with Crippen LogP contribution in [0.5, 0.6) is 0 Å². The van der Waals surface area contributed by atoms with E-state index in [0.717, 1.165) is 25.6 Å². The first-order valence-corrected chi connectivity index (χ1v) is 7.39. The third kappa shape index (κ3) is 4.25. The second-order valence-corrected chi connectivity index (χ2v) is 5.88. The van der Waals surface area contributed by atoms with E-state index in [0.29, 0.717) is 18.5 Å². The molecular weight excluding hydrogens is 226 g/mol. The third-order valence-corrected chi connectivity index (χ3v) is 4.29. The van der Waals surface area contributed by atoms with Gasteiger partial charge in [-0.2, -0.15) is 0 Å². The van der Waals surface area contributed by atoms with E-state index in [2.05, 4.69) is 29.5 Å². The van der Waals surface area contributed by atoms with Gasteiger partial charge >= 0.3 is 0 Å². The minimum absolute atomic E-state index is 0.208. The highest BCUT2D eigenvalue weighted by atomic mass is 16.1. The summed E-state index contributed by atoms with van der Waals surface area (Å²) in [5, 5.41) is 6.49. The van der Waals surface area contributed by atoms with E-state index < -0.39 is 0 Å². The van der Waals surface area contributed by atoms with Gasteiger partial charge in [0.05, 0.1) is 0 Å². The maximum absolute atomic E-state index is 11.8. The minimum atomic E-state index is 0.208. The summed E-state index contributed by atoms with van der Waals surface area (Å²) in [5.74, 6) is 0.208. The molecule has 1 heterocycles. The molecule has 0 aromatic heterocycles. The maximum Gasteiger partial charge on any atom is 0.220 e. The van der Waals surface area contributed by atoms with E-state index in [-0.39, 0.29) is 5.91 Å². The predicted octanol–water partition coefficient (Wildman–Crippen LogP) is 1.12. The van der Waals surface area contributed by atoms with Gasteiger partial charge in [-0.15, -0.1) is 0 Å². The number of hydrogen-bond donors (Lipinski definition) is 2. The highest BCUT2D eigenvalue weighted by Crippen LogP contribution is 2.26. The van der Waals surface area contributed by atoms with Gasteiger partial charge in [0, 0.05) is 31.1 Å². The first kappa shape index (κ1) is 13.8. The van der Waals surface area contributed by atoms with Crippen molar-refractivity contribution < 1.29 is 4.79 Å². The Hall–Kier alpha value is -0.610. The van der Waals surface area contributed by atoms with Crippen molar-refractivity contribution in [2.24, 2.45) is 0 Å². The van der Waals surface area contributed by atoms with Crippen molar-refractivity contribution in [3.63, 3.8) is 0 Å². The first-order chi connectivity index (χ1) is 8.66. The molecule has 0 radical (unpaired) electrons. The van der Waals surface area contributed by atoms with Crippen LogP contribution in [0.25, 0.3) is 0 Å². The molecule has 4 nitrogen and oxygen atoms in total. The molecule has 1 saturated heterocycles. The van der Waals surface area contributed by atoms with Gasteiger partial charge in [-0.05, 0) is 52.6 Å². The van der Waals surface area contributed by atoms with E-state index in [9.17, 15) is 4.79 Å². The number of rotatable bonds is 7. The van der Waals surface area contributed by atoms with Gasteiger partial charge < -0.3 is 10.6 Å². The Labute approximate surface area is 110 Å². The lowest BCUT2D eigenvalue weighted by Crippen LogP contribution is -2.41. The summed E-state index contributed by atoms with van der Waals surface area (Å²) in [6.07, 6.45) is 6.78. The van der Waals surface area contributed by atoms with E-state index >= 15 is 0 Å². The third-order valence-electron chi connectivity index (χ3n) is 4.29. The lowest BCUT2D eigenvalue weighted by atomic mass is 10.1. The Morgan fingerprint density at radius 2 is 2.22 bits per heavy atom. The topological polar surface area (TPSA) is 44.4 Å². The fourth-order valence-electron chi connectivity index (χ4n) is 2.64. The predicted molar refractivity (Wildman–Crippen MR) is 73.5 cm³/mol. The zero-order chi connectivity index (χ0) is 13.0. The van der Waals surface area contributed by atoms with Gasteiger partial charge in [-0.25, -0.2) is 0 Å². The van der Waals surface area contributed by atoms with Crippen LogP contribution < -0.4 is 10.6 Å². The van der Waals surface area contributed by atoms with Gasteiger partial charge in [0.25, 0.3) is 0 Å². The van der Waals surface area contributed by atoms with E-state index in [1.54, 1.807) is 0 Å². The number of likely N-dealkylation sites (N-methyl/N-ethyl adjacent to an activating group) is 1. The molecule has 1 amide bonds. The van der Waals surface area contributed by atoms with Crippen LogP contribution in [-0.4, -0.2) is 49.1 Å². The molecule has 2 aliphatic rings. The normalized spacial score (nSPS) is 25.4. The summed E-state index contributed by atoms with van der Waals surface area (Å²) in [7, 11) is 2.16. The van der Waals surface area contributed by atoms with Crippen LogP contribution in [0, 0.1) is 0 Å². The van der Waals surface area contributed by atoms with Gasteiger partial charge in [0.2, 0.25) is 5.91 Å². The Kier molecular flexibility index (Phi) is 5.01. The van der Waals surface area contributed by atoms with Crippen LogP contribution in [0.4, 0.5) is 0 Å². The highest BCUT2D eigenvalue weighted by Gasteiger charge is 2.29. The Bertz CT molecular complexity index is 272. The zero-order valence-electron chi connectivity index (χ0n) is 11.7. The van der Waals surface area contributed by atoms with Gasteiger partial charge in [-0.1, -0.05) is 0 Å². The van der Waals surface area contributed by atoms with Crippen LogP contribution >= 0.6 is 0 Å². The molecule has 2 N–H and O–H groups in total. The Balaban J connectivity index is 1.55. The van der Waals surface area contributed by atoms with Gasteiger partial charge in [0.1, 0.15) is 0 Å². The standard InChI is InChI=1S/C14H27N3O/c1-11(17(2)13-6-7-13)10-16-14(18)8-5-12-4-3-9-15-12/h11-13,15H,3-10H2,1-2H3,(H,16,18). The van der Waals surface area contributed by atoms with E-state index in [1.165, 1.54) is 25.7 Å². The molecule has 0 spiro atoms. The molecule has 2 rings (SSSR count). The van der Waals surface area contributed by atoms with Crippen molar-refractivity contribution in [1.29, 1.82) is 0 Å². The Morgan fingerprint density at radius 1 is 1.44 bits per heavy atom. The summed E-state index contributed by atoms with van der Waals surface area (Å²) in [5.41, 5.74) is 0. The van der Waals surface area contributed by atoms with Crippen molar-refractivity contribution in [2.45, 2.75) is 63.6 Å². The lowest BCUT2D eigenvalue weighted by molar-refractivity contribution is -0.121. The fourth-order valence-corrected chi connectivity index (χ4v) is 2.64. The van der Waals surface area contributed by atoms with Crippen molar-refractivity contribution in [1.82, 2.24) is 15.5 Å². The van der Waals surface area contributed by atoms with Crippen LogP contribution in [0.2, 0.25) is 0 Å². The van der Waals surface area contributed by atoms with E-state index in [4.69, 9.17) is 0 Å². The van der Waals surface area contributed by atoms with Crippen LogP contribution in [0.3, 0.4) is 0 Å². The molecular formula is C14H27N3O. The first-order valence-electron chi connectivity index (χ1n) is 7.39. The lowest BCUT2D eigenvalue weighted by Gasteiger charge is -2.24. The van der Waals surface area contributed by atoms with Crippen molar-refractivity contribution in [2.75, 3.05) is 20.1 Å². The number of hydrogen-bond acceptors (Lipinski definition) is 3. The molecule has 1 aliphatic heterocycles. The molecule has 1 saturated carbocycles. The summed E-state index contributed by atoms with van der Waals surface area (Å²) in [6, 6.07) is 1.79. The smallest absolute Gasteiger partial charge is 0.220 e.